The highest BCUT2D eigenvalue weighted by atomic mass is 19.1. The predicted molar refractivity (Wildman–Crippen MR) is 60.2 cm³/mol. The van der Waals surface area contributed by atoms with Gasteiger partial charge in [-0.3, -0.25) is 10.1 Å². The molecule has 0 saturated heterocycles. The number of aliphatic hydroxyl groups is 1. The summed E-state index contributed by atoms with van der Waals surface area (Å²) in [5, 5.41) is 20.4. The maximum Gasteiger partial charge on any atom is 0.273 e. The third-order valence-corrected chi connectivity index (χ3v) is 3.85. The summed E-state index contributed by atoms with van der Waals surface area (Å²) >= 11 is 0. The Morgan fingerprint density at radius 2 is 2.12 bits per heavy atom. The largest absolute Gasteiger partial charge is 0.395 e. The number of hydrogen-bond acceptors (Lipinski definition) is 3. The number of benzene rings is 1. The highest BCUT2D eigenvalue weighted by molar-refractivity contribution is 5.51. The lowest BCUT2D eigenvalue weighted by Crippen LogP contribution is -2.21. The number of nitro benzene ring substituents is 1. The third kappa shape index (κ3) is 1.61. The molecular weight excluding hydrogens is 225 g/mol. The van der Waals surface area contributed by atoms with Gasteiger partial charge in [-0.15, -0.1) is 0 Å². The Labute approximate surface area is 98.2 Å². The van der Waals surface area contributed by atoms with Gasteiger partial charge in [-0.25, -0.2) is 4.39 Å². The van der Waals surface area contributed by atoms with Crippen LogP contribution in [0.15, 0.2) is 18.2 Å². The van der Waals surface area contributed by atoms with Gasteiger partial charge in [-0.1, -0.05) is 13.8 Å². The van der Waals surface area contributed by atoms with Gasteiger partial charge in [0.25, 0.3) is 5.69 Å². The van der Waals surface area contributed by atoms with E-state index in [9.17, 15) is 19.6 Å². The van der Waals surface area contributed by atoms with E-state index >= 15 is 0 Å². The topological polar surface area (TPSA) is 63.4 Å². The summed E-state index contributed by atoms with van der Waals surface area (Å²) in [5.41, 5.74) is -0.737. The molecule has 1 aliphatic rings. The zero-order chi connectivity index (χ0) is 12.8. The van der Waals surface area contributed by atoms with E-state index in [1.165, 1.54) is 6.07 Å². The van der Waals surface area contributed by atoms with Crippen LogP contribution < -0.4 is 0 Å². The van der Waals surface area contributed by atoms with Crippen molar-refractivity contribution in [1.29, 1.82) is 0 Å². The standard InChI is InChI=1S/C12H14FNO3/c1-11(2)6-12(11,7-15)9-5-8(13)3-4-10(9)14(16)17/h3-5,15H,6-7H2,1-2H3. The van der Waals surface area contributed by atoms with Crippen LogP contribution in [0.3, 0.4) is 0 Å². The first-order valence-electron chi connectivity index (χ1n) is 5.39. The van der Waals surface area contributed by atoms with Gasteiger partial charge in [-0.05, 0) is 24.0 Å². The number of nitro groups is 1. The van der Waals surface area contributed by atoms with Gasteiger partial charge in [0.15, 0.2) is 0 Å². The van der Waals surface area contributed by atoms with Gasteiger partial charge in [0.1, 0.15) is 5.82 Å². The van der Waals surface area contributed by atoms with E-state index in [0.29, 0.717) is 12.0 Å². The third-order valence-electron chi connectivity index (χ3n) is 3.85. The fourth-order valence-electron chi connectivity index (χ4n) is 2.58. The van der Waals surface area contributed by atoms with E-state index in [2.05, 4.69) is 0 Å². The minimum atomic E-state index is -0.683. The van der Waals surface area contributed by atoms with E-state index in [1.54, 1.807) is 0 Å². The Morgan fingerprint density at radius 1 is 1.53 bits per heavy atom. The van der Waals surface area contributed by atoms with Crippen molar-refractivity contribution < 1.29 is 14.4 Å². The Morgan fingerprint density at radius 3 is 2.53 bits per heavy atom. The number of hydrogen-bond donors (Lipinski definition) is 1. The molecule has 92 valence electrons. The summed E-state index contributed by atoms with van der Waals surface area (Å²) in [4.78, 5) is 10.4. The summed E-state index contributed by atoms with van der Waals surface area (Å²) in [5.74, 6) is -0.513. The molecule has 1 unspecified atom stereocenters. The van der Waals surface area contributed by atoms with Crippen LogP contribution in [0.2, 0.25) is 0 Å². The van der Waals surface area contributed by atoms with Gasteiger partial charge in [0.05, 0.1) is 11.5 Å². The second-order valence-electron chi connectivity index (χ2n) is 5.22. The van der Waals surface area contributed by atoms with Crippen molar-refractivity contribution in [3.63, 3.8) is 0 Å². The molecule has 5 heteroatoms. The molecule has 0 spiro atoms. The fourth-order valence-corrected chi connectivity index (χ4v) is 2.58. The highest BCUT2D eigenvalue weighted by Crippen LogP contribution is 2.65. The average Bonchev–Trinajstić information content (AvgIpc) is 2.81. The fraction of sp³-hybridized carbons (Fsp3) is 0.500. The number of rotatable bonds is 3. The van der Waals surface area contributed by atoms with Crippen LogP contribution in [-0.4, -0.2) is 16.6 Å². The molecule has 1 aromatic carbocycles. The smallest absolute Gasteiger partial charge is 0.273 e. The van der Waals surface area contributed by atoms with E-state index < -0.39 is 16.2 Å². The summed E-state index contributed by atoms with van der Waals surface area (Å²) in [6.07, 6.45) is 0.626. The zero-order valence-electron chi connectivity index (χ0n) is 9.74. The maximum atomic E-state index is 13.3. The van der Waals surface area contributed by atoms with Crippen molar-refractivity contribution in [1.82, 2.24) is 0 Å². The summed E-state index contributed by atoms with van der Waals surface area (Å²) in [6, 6.07) is 3.40. The van der Waals surface area contributed by atoms with Crippen LogP contribution in [0.25, 0.3) is 0 Å². The second-order valence-corrected chi connectivity index (χ2v) is 5.22. The van der Waals surface area contributed by atoms with E-state index in [4.69, 9.17) is 0 Å². The lowest BCUT2D eigenvalue weighted by Gasteiger charge is -2.18. The first-order valence-corrected chi connectivity index (χ1v) is 5.39. The van der Waals surface area contributed by atoms with Crippen LogP contribution in [-0.2, 0) is 5.41 Å². The van der Waals surface area contributed by atoms with Gasteiger partial charge >= 0.3 is 0 Å². The minimum Gasteiger partial charge on any atom is -0.395 e. The molecule has 1 atom stereocenters. The maximum absolute atomic E-state index is 13.3. The molecular formula is C12H14FNO3. The van der Waals surface area contributed by atoms with Crippen molar-refractivity contribution in [2.45, 2.75) is 25.7 Å². The lowest BCUT2D eigenvalue weighted by molar-refractivity contribution is -0.386. The van der Waals surface area contributed by atoms with Crippen molar-refractivity contribution >= 4 is 5.69 Å². The van der Waals surface area contributed by atoms with Crippen molar-refractivity contribution in [2.24, 2.45) is 5.41 Å². The number of aliphatic hydroxyl groups excluding tert-OH is 1. The SMILES string of the molecule is CC1(C)CC1(CO)c1cc(F)ccc1[N+](=O)[O-]. The highest BCUT2D eigenvalue weighted by Gasteiger charge is 2.63. The summed E-state index contributed by atoms with van der Waals surface area (Å²) in [7, 11) is 0. The molecule has 1 saturated carbocycles. The molecule has 0 amide bonds. The zero-order valence-corrected chi connectivity index (χ0v) is 9.74. The van der Waals surface area contributed by atoms with Crippen molar-refractivity contribution in [3.8, 4) is 0 Å². The molecule has 1 aliphatic carbocycles. The second kappa shape index (κ2) is 3.50. The lowest BCUT2D eigenvalue weighted by atomic mass is 9.87. The molecule has 1 aromatic rings. The summed E-state index contributed by atoms with van der Waals surface area (Å²) < 4.78 is 13.3. The Balaban J connectivity index is 2.59. The molecule has 0 radical (unpaired) electrons. The Hall–Kier alpha value is -1.49. The van der Waals surface area contributed by atoms with Crippen molar-refractivity contribution in [3.05, 3.63) is 39.7 Å². The molecule has 0 aromatic heterocycles. The molecule has 4 nitrogen and oxygen atoms in total. The van der Waals surface area contributed by atoms with Gasteiger partial charge in [0, 0.05) is 17.0 Å². The van der Waals surface area contributed by atoms with Gasteiger partial charge < -0.3 is 5.11 Å². The molecule has 17 heavy (non-hydrogen) atoms. The van der Waals surface area contributed by atoms with Crippen LogP contribution in [0.4, 0.5) is 10.1 Å². The van der Waals surface area contributed by atoms with E-state index in [0.717, 1.165) is 12.1 Å². The van der Waals surface area contributed by atoms with E-state index in [1.807, 2.05) is 13.8 Å². The van der Waals surface area contributed by atoms with Crippen LogP contribution >= 0.6 is 0 Å². The Kier molecular flexibility index (Phi) is 2.47. The molecule has 2 rings (SSSR count). The van der Waals surface area contributed by atoms with E-state index in [-0.39, 0.29) is 17.7 Å². The van der Waals surface area contributed by atoms with Crippen LogP contribution in [0.1, 0.15) is 25.8 Å². The number of halogens is 1. The first-order chi connectivity index (χ1) is 7.84. The van der Waals surface area contributed by atoms with Crippen molar-refractivity contribution in [2.75, 3.05) is 6.61 Å². The molecule has 0 aliphatic heterocycles. The summed E-state index contributed by atoms with van der Waals surface area (Å²) in [6.45, 7) is 3.62. The number of nitrogens with zero attached hydrogens (tertiary/aromatic N) is 1. The normalized spacial score (nSPS) is 25.6. The molecule has 1 N–H and O–H groups in total. The van der Waals surface area contributed by atoms with Crippen LogP contribution in [0, 0.1) is 21.3 Å². The van der Waals surface area contributed by atoms with Gasteiger partial charge in [-0.2, -0.15) is 0 Å². The average molecular weight is 239 g/mol. The first kappa shape index (κ1) is 12.0. The predicted octanol–water partition coefficient (Wildman–Crippen LogP) is 2.39. The minimum absolute atomic E-state index is 0.119. The Bertz CT molecular complexity index is 487. The monoisotopic (exact) mass is 239 g/mol. The van der Waals surface area contributed by atoms with Crippen LogP contribution in [0.5, 0.6) is 0 Å². The van der Waals surface area contributed by atoms with Gasteiger partial charge in [0.2, 0.25) is 0 Å². The molecule has 0 bridgehead atoms. The molecule has 0 heterocycles. The quantitative estimate of drug-likeness (QED) is 0.650. The molecule has 1 fully saturated rings.